The Hall–Kier alpha value is -1.63. The third kappa shape index (κ3) is 7.97. The minimum Gasteiger partial charge on any atom is -0.357 e. The van der Waals surface area contributed by atoms with Gasteiger partial charge in [0.05, 0.1) is 12.2 Å². The summed E-state index contributed by atoms with van der Waals surface area (Å²) in [6, 6.07) is 0.171. The molecule has 1 amide bonds. The van der Waals surface area contributed by atoms with Gasteiger partial charge in [-0.15, -0.1) is 11.3 Å². The third-order valence-electron chi connectivity index (χ3n) is 2.97. The van der Waals surface area contributed by atoms with Crippen LogP contribution in [-0.4, -0.2) is 36.0 Å². The summed E-state index contributed by atoms with van der Waals surface area (Å²) in [5.74, 6) is 1.20. The molecule has 0 aliphatic heterocycles. The molecule has 0 fully saturated rings. The fourth-order valence-corrected chi connectivity index (χ4v) is 2.72. The molecule has 0 bridgehead atoms. The van der Waals surface area contributed by atoms with Crippen molar-refractivity contribution >= 4 is 23.2 Å². The van der Waals surface area contributed by atoms with Crippen LogP contribution in [0.2, 0.25) is 0 Å². The molecule has 1 rings (SSSR count). The Morgan fingerprint density at radius 2 is 2.04 bits per heavy atom. The minimum atomic E-state index is 0.0462. The van der Waals surface area contributed by atoms with Gasteiger partial charge in [0.2, 0.25) is 5.91 Å². The van der Waals surface area contributed by atoms with Crippen molar-refractivity contribution in [2.75, 3.05) is 13.1 Å². The highest BCUT2D eigenvalue weighted by Crippen LogP contribution is 2.18. The first kappa shape index (κ1) is 19.4. The molecule has 1 heterocycles. The molecule has 7 heteroatoms. The van der Waals surface area contributed by atoms with E-state index in [0.29, 0.717) is 31.4 Å². The van der Waals surface area contributed by atoms with Crippen LogP contribution in [0.25, 0.3) is 0 Å². The Bertz CT molecular complexity index is 510. The first-order valence-corrected chi connectivity index (χ1v) is 9.06. The Balaban J connectivity index is 2.47. The second-order valence-electron chi connectivity index (χ2n) is 5.91. The van der Waals surface area contributed by atoms with Gasteiger partial charge in [-0.3, -0.25) is 4.79 Å². The van der Waals surface area contributed by atoms with Crippen LogP contribution in [0.3, 0.4) is 0 Å². The second kappa shape index (κ2) is 10.2. The number of thiazole rings is 1. The number of aromatic nitrogens is 1. The largest absolute Gasteiger partial charge is 0.357 e. The van der Waals surface area contributed by atoms with Crippen molar-refractivity contribution in [3.8, 4) is 0 Å². The van der Waals surface area contributed by atoms with Crippen molar-refractivity contribution < 1.29 is 4.79 Å². The summed E-state index contributed by atoms with van der Waals surface area (Å²) in [6.45, 7) is 12.1. The Labute approximate surface area is 143 Å². The van der Waals surface area contributed by atoms with Gasteiger partial charge in [0.25, 0.3) is 0 Å². The van der Waals surface area contributed by atoms with Gasteiger partial charge in [0.15, 0.2) is 5.96 Å². The lowest BCUT2D eigenvalue weighted by Gasteiger charge is -2.12. The zero-order valence-corrected chi connectivity index (χ0v) is 15.6. The van der Waals surface area contributed by atoms with Gasteiger partial charge in [-0.25, -0.2) is 9.98 Å². The van der Waals surface area contributed by atoms with Crippen LogP contribution in [0.5, 0.6) is 0 Å². The van der Waals surface area contributed by atoms with E-state index in [9.17, 15) is 4.79 Å². The lowest BCUT2D eigenvalue weighted by molar-refractivity contribution is -0.121. The number of guanidine groups is 1. The molecule has 0 unspecified atom stereocenters. The molecule has 6 nitrogen and oxygen atoms in total. The third-order valence-corrected chi connectivity index (χ3v) is 3.82. The molecule has 130 valence electrons. The Kier molecular flexibility index (Phi) is 8.61. The standard InChI is InChI=1S/C16H29N5OS/c1-6-17-16(18-8-7-14(22)20-12(4)5)19-9-15-21-13(10-23-15)11(2)3/h10-12H,6-9H2,1-5H3,(H,20,22)(H2,17,18,19). The molecular formula is C16H29N5OS. The van der Waals surface area contributed by atoms with Gasteiger partial charge in [-0.2, -0.15) is 0 Å². The zero-order chi connectivity index (χ0) is 17.2. The van der Waals surface area contributed by atoms with Crippen molar-refractivity contribution in [1.82, 2.24) is 20.9 Å². The van der Waals surface area contributed by atoms with Crippen LogP contribution in [0.4, 0.5) is 0 Å². The first-order chi connectivity index (χ1) is 10.9. The van der Waals surface area contributed by atoms with Gasteiger partial charge in [-0.1, -0.05) is 13.8 Å². The number of hydrogen-bond acceptors (Lipinski definition) is 4. The van der Waals surface area contributed by atoms with E-state index in [1.165, 1.54) is 0 Å². The molecule has 0 aliphatic carbocycles. The van der Waals surface area contributed by atoms with Crippen molar-refractivity contribution in [2.24, 2.45) is 4.99 Å². The van der Waals surface area contributed by atoms with Gasteiger partial charge < -0.3 is 16.0 Å². The zero-order valence-electron chi connectivity index (χ0n) is 14.8. The minimum absolute atomic E-state index is 0.0462. The van der Waals surface area contributed by atoms with Crippen molar-refractivity contribution in [2.45, 2.75) is 59.5 Å². The number of hydrogen-bond donors (Lipinski definition) is 3. The molecule has 0 spiro atoms. The van der Waals surface area contributed by atoms with Gasteiger partial charge in [0.1, 0.15) is 5.01 Å². The van der Waals surface area contributed by atoms with E-state index in [-0.39, 0.29) is 11.9 Å². The van der Waals surface area contributed by atoms with E-state index >= 15 is 0 Å². The van der Waals surface area contributed by atoms with E-state index in [1.807, 2.05) is 20.8 Å². The van der Waals surface area contributed by atoms with E-state index in [2.05, 4.69) is 45.2 Å². The maximum Gasteiger partial charge on any atom is 0.221 e. The maximum atomic E-state index is 11.6. The predicted molar refractivity (Wildman–Crippen MR) is 96.9 cm³/mol. The fourth-order valence-electron chi connectivity index (χ4n) is 1.84. The van der Waals surface area contributed by atoms with Crippen molar-refractivity contribution in [1.29, 1.82) is 0 Å². The van der Waals surface area contributed by atoms with Gasteiger partial charge in [-0.05, 0) is 26.7 Å². The molecule has 3 N–H and O–H groups in total. The highest BCUT2D eigenvalue weighted by Gasteiger charge is 2.06. The quantitative estimate of drug-likeness (QED) is 0.501. The molecule has 0 aromatic carbocycles. The molecular weight excluding hydrogens is 310 g/mol. The SMILES string of the molecule is CCNC(=NCc1nc(C(C)C)cs1)NCCC(=O)NC(C)C. The monoisotopic (exact) mass is 339 g/mol. The van der Waals surface area contributed by atoms with E-state index in [0.717, 1.165) is 17.2 Å². The van der Waals surface area contributed by atoms with Crippen molar-refractivity contribution in [3.63, 3.8) is 0 Å². The topological polar surface area (TPSA) is 78.4 Å². The van der Waals surface area contributed by atoms with E-state index < -0.39 is 0 Å². The van der Waals surface area contributed by atoms with Crippen LogP contribution in [0.1, 0.15) is 57.7 Å². The van der Waals surface area contributed by atoms with Crippen LogP contribution in [-0.2, 0) is 11.3 Å². The van der Waals surface area contributed by atoms with Crippen molar-refractivity contribution in [3.05, 3.63) is 16.1 Å². The fraction of sp³-hybridized carbons (Fsp3) is 0.688. The first-order valence-electron chi connectivity index (χ1n) is 8.18. The summed E-state index contributed by atoms with van der Waals surface area (Å²) < 4.78 is 0. The highest BCUT2D eigenvalue weighted by molar-refractivity contribution is 7.09. The summed E-state index contributed by atoms with van der Waals surface area (Å²) in [6.07, 6.45) is 0.428. The lowest BCUT2D eigenvalue weighted by atomic mass is 10.2. The summed E-state index contributed by atoms with van der Waals surface area (Å²) in [4.78, 5) is 20.7. The summed E-state index contributed by atoms with van der Waals surface area (Å²) in [5.41, 5.74) is 1.11. The maximum absolute atomic E-state index is 11.6. The van der Waals surface area contributed by atoms with Crippen LogP contribution >= 0.6 is 11.3 Å². The molecule has 23 heavy (non-hydrogen) atoms. The summed E-state index contributed by atoms with van der Waals surface area (Å²) >= 11 is 1.64. The van der Waals surface area contributed by atoms with E-state index in [1.54, 1.807) is 11.3 Å². The number of carbonyl (C=O) groups is 1. The summed E-state index contributed by atoms with van der Waals surface area (Å²) in [5, 5.41) is 12.3. The summed E-state index contributed by atoms with van der Waals surface area (Å²) in [7, 11) is 0. The van der Waals surface area contributed by atoms with Gasteiger partial charge >= 0.3 is 0 Å². The average Bonchev–Trinajstić information content (AvgIpc) is 2.93. The van der Waals surface area contributed by atoms with Crippen LogP contribution < -0.4 is 16.0 Å². The Morgan fingerprint density at radius 3 is 2.61 bits per heavy atom. The predicted octanol–water partition coefficient (Wildman–Crippen LogP) is 2.24. The van der Waals surface area contributed by atoms with Gasteiger partial charge in [0, 0.05) is 30.9 Å². The number of nitrogens with one attached hydrogen (secondary N) is 3. The number of aliphatic imine (C=N–C) groups is 1. The van der Waals surface area contributed by atoms with Crippen LogP contribution in [0.15, 0.2) is 10.4 Å². The number of rotatable bonds is 8. The molecule has 0 aliphatic rings. The molecule has 0 radical (unpaired) electrons. The highest BCUT2D eigenvalue weighted by atomic mass is 32.1. The average molecular weight is 340 g/mol. The smallest absolute Gasteiger partial charge is 0.221 e. The Morgan fingerprint density at radius 1 is 1.30 bits per heavy atom. The number of nitrogens with zero attached hydrogens (tertiary/aromatic N) is 2. The number of amides is 1. The number of carbonyl (C=O) groups excluding carboxylic acids is 1. The molecule has 1 aromatic heterocycles. The van der Waals surface area contributed by atoms with Crippen LogP contribution in [0, 0.1) is 0 Å². The molecule has 0 saturated heterocycles. The molecule has 0 saturated carbocycles. The van der Waals surface area contributed by atoms with E-state index in [4.69, 9.17) is 0 Å². The second-order valence-corrected chi connectivity index (χ2v) is 6.86. The normalized spacial score (nSPS) is 11.9. The molecule has 0 atom stereocenters. The lowest BCUT2D eigenvalue weighted by Crippen LogP contribution is -2.40. The molecule has 1 aromatic rings.